The number of phenols is 3. The van der Waals surface area contributed by atoms with E-state index in [9.17, 15) is 40.3 Å². The van der Waals surface area contributed by atoms with Crippen molar-refractivity contribution in [2.45, 2.75) is 0 Å². The summed E-state index contributed by atoms with van der Waals surface area (Å²) in [6, 6.07) is 21.5. The Bertz CT molecular complexity index is 2090. The van der Waals surface area contributed by atoms with E-state index in [2.05, 4.69) is 36.0 Å². The molecule has 0 aliphatic carbocycles. The van der Waals surface area contributed by atoms with Gasteiger partial charge in [0.05, 0.1) is 33.4 Å². The van der Waals surface area contributed by atoms with Gasteiger partial charge in [0, 0.05) is 17.7 Å². The molecule has 0 radical (unpaired) electrons. The number of nitrogens with one attached hydrogen (secondary N) is 3. The van der Waals surface area contributed by atoms with E-state index in [-0.39, 0.29) is 57.9 Å². The zero-order chi connectivity index (χ0) is 34.7. The van der Waals surface area contributed by atoms with E-state index < -0.39 is 27.3 Å². The normalized spacial score (nSPS) is 13.2. The number of amides is 1. The molecule has 244 valence electrons. The molecule has 6 rings (SSSR count). The number of amidine groups is 1. The van der Waals surface area contributed by atoms with Gasteiger partial charge >= 0.3 is 0 Å². The number of non-ortho nitro benzene ring substituents is 2. The number of aromatic hydroxyl groups is 3. The summed E-state index contributed by atoms with van der Waals surface area (Å²) in [5.74, 6) is -2.06. The molecule has 1 aliphatic heterocycles. The van der Waals surface area contributed by atoms with Crippen LogP contribution in [0.15, 0.2) is 102 Å². The second-order valence-electron chi connectivity index (χ2n) is 10.1. The highest BCUT2D eigenvalue weighted by Crippen LogP contribution is 2.33. The van der Waals surface area contributed by atoms with Crippen molar-refractivity contribution in [1.29, 1.82) is 0 Å². The van der Waals surface area contributed by atoms with Gasteiger partial charge in [0.1, 0.15) is 22.9 Å². The van der Waals surface area contributed by atoms with Gasteiger partial charge in [-0.1, -0.05) is 42.5 Å². The highest BCUT2D eigenvalue weighted by atomic mass is 16.6. The molecule has 18 heteroatoms. The number of nitro benzene ring substituents is 2. The summed E-state index contributed by atoms with van der Waals surface area (Å²) >= 11 is 0. The first-order chi connectivity index (χ1) is 23.5. The van der Waals surface area contributed by atoms with Gasteiger partial charge in [-0.25, -0.2) is 4.99 Å². The van der Waals surface area contributed by atoms with Crippen molar-refractivity contribution in [2.75, 3.05) is 16.1 Å². The zero-order valence-electron chi connectivity index (χ0n) is 24.8. The summed E-state index contributed by atoms with van der Waals surface area (Å²) in [4.78, 5) is 52.0. The van der Waals surface area contributed by atoms with Crippen molar-refractivity contribution in [3.63, 3.8) is 0 Å². The first-order valence-corrected chi connectivity index (χ1v) is 14.0. The molecule has 4 aromatic carbocycles. The number of nitro groups is 2. The highest BCUT2D eigenvalue weighted by Gasteiger charge is 2.32. The average Bonchev–Trinajstić information content (AvgIpc) is 3.38. The molecule has 0 fully saturated rings. The number of hydrazine groups is 1. The largest absolute Gasteiger partial charge is 0.508 e. The van der Waals surface area contributed by atoms with Gasteiger partial charge in [0.25, 0.3) is 17.3 Å². The number of carbonyl (C=O) groups is 1. The number of benzene rings is 4. The Labute approximate surface area is 274 Å². The number of aliphatic imine (C=N–C) groups is 1. The molecule has 0 spiro atoms. The van der Waals surface area contributed by atoms with Crippen LogP contribution in [0.1, 0.15) is 11.1 Å². The summed E-state index contributed by atoms with van der Waals surface area (Å²) in [5, 5.41) is 59.4. The molecule has 2 heterocycles. The van der Waals surface area contributed by atoms with Gasteiger partial charge in [-0.2, -0.15) is 20.0 Å². The van der Waals surface area contributed by atoms with Crippen LogP contribution < -0.4 is 16.1 Å². The summed E-state index contributed by atoms with van der Waals surface area (Å²) in [6.45, 7) is 0. The van der Waals surface area contributed by atoms with Crippen molar-refractivity contribution in [2.24, 2.45) is 4.99 Å². The lowest BCUT2D eigenvalue weighted by molar-refractivity contribution is -0.385. The fraction of sp³-hybridized carbons (Fsp3) is 0. The summed E-state index contributed by atoms with van der Waals surface area (Å²) in [6.07, 6.45) is 1.52. The van der Waals surface area contributed by atoms with E-state index in [1.165, 1.54) is 30.3 Å². The molecule has 18 nitrogen and oxygen atoms in total. The molecule has 0 saturated carbocycles. The third-order valence-corrected chi connectivity index (χ3v) is 6.81. The van der Waals surface area contributed by atoms with Crippen molar-refractivity contribution < 1.29 is 30.0 Å². The lowest BCUT2D eigenvalue weighted by Gasteiger charge is -2.20. The Morgan fingerprint density at radius 2 is 1.22 bits per heavy atom. The second-order valence-corrected chi connectivity index (χ2v) is 10.1. The van der Waals surface area contributed by atoms with Gasteiger partial charge in [-0.15, -0.1) is 0 Å². The number of phenolic OH excluding ortho intramolecular Hbond substituents is 3. The van der Waals surface area contributed by atoms with Crippen LogP contribution in [0.2, 0.25) is 0 Å². The van der Waals surface area contributed by atoms with Crippen LogP contribution >= 0.6 is 0 Å². The average molecular weight is 663 g/mol. The quantitative estimate of drug-likeness (QED) is 0.0501. The van der Waals surface area contributed by atoms with Gasteiger partial charge in [-0.05, 0) is 35.9 Å². The van der Waals surface area contributed by atoms with Crippen LogP contribution in [0.4, 0.5) is 40.6 Å². The molecule has 1 amide bonds. The Morgan fingerprint density at radius 3 is 1.73 bits per heavy atom. The van der Waals surface area contributed by atoms with Crippen LogP contribution in [0.25, 0.3) is 6.08 Å². The van der Waals surface area contributed by atoms with E-state index in [1.807, 2.05) is 0 Å². The minimum Gasteiger partial charge on any atom is -0.508 e. The van der Waals surface area contributed by atoms with Crippen LogP contribution in [-0.2, 0) is 4.79 Å². The van der Waals surface area contributed by atoms with Crippen LogP contribution in [0.5, 0.6) is 17.2 Å². The number of rotatable bonds is 10. The molecule has 5 aromatic rings. The second kappa shape index (κ2) is 13.0. The lowest BCUT2D eigenvalue weighted by Crippen LogP contribution is -2.38. The predicted molar refractivity (Wildman–Crippen MR) is 175 cm³/mol. The molecular formula is C31H22N10O8. The van der Waals surface area contributed by atoms with Gasteiger partial charge < -0.3 is 26.0 Å². The van der Waals surface area contributed by atoms with Crippen LogP contribution in [-0.4, -0.2) is 56.9 Å². The molecule has 0 saturated heterocycles. The molecule has 0 unspecified atom stereocenters. The first-order valence-electron chi connectivity index (χ1n) is 14.0. The van der Waals surface area contributed by atoms with Crippen molar-refractivity contribution in [3.8, 4) is 17.2 Å². The van der Waals surface area contributed by atoms with Gasteiger partial charge in [-0.3, -0.25) is 30.4 Å². The topological polar surface area (TPSA) is 254 Å². The van der Waals surface area contributed by atoms with Gasteiger partial charge in [0.15, 0.2) is 5.84 Å². The van der Waals surface area contributed by atoms with E-state index in [0.29, 0.717) is 11.1 Å². The molecule has 1 aliphatic rings. The standard InChI is InChI=1S/C31H22N10O8/c42-21-10-6-17(7-11-21)14-24-28(45)39(27(32-24)18-4-2-1-3-5-18)38-31-36-29(33-22-12-8-19(40(46)47)15-25(22)43)35-30(37-31)34-23-13-9-20(41(48)49)16-26(23)44/h1-16,42-44H,(H3,33,34,35,36,37,38)/b24-14+. The third kappa shape index (κ3) is 6.97. The van der Waals surface area contributed by atoms with E-state index in [4.69, 9.17) is 0 Å². The Kier molecular flexibility index (Phi) is 8.32. The maximum atomic E-state index is 13.7. The maximum Gasteiger partial charge on any atom is 0.297 e. The SMILES string of the molecule is O=C1/C(=C\c2ccc(O)cc2)N=C(c2ccccc2)N1Nc1nc(Nc2ccc([N+](=O)[O-])cc2O)nc(Nc2ccc([N+](=O)[O-])cc2O)n1. The molecule has 6 N–H and O–H groups in total. The van der Waals surface area contributed by atoms with E-state index in [0.717, 1.165) is 29.3 Å². The smallest absolute Gasteiger partial charge is 0.297 e. The monoisotopic (exact) mass is 662 g/mol. The molecule has 49 heavy (non-hydrogen) atoms. The number of hydrogen-bond acceptors (Lipinski definition) is 15. The minimum atomic E-state index is -0.684. The first kappa shape index (κ1) is 31.4. The Hall–Kier alpha value is -7.63. The summed E-state index contributed by atoms with van der Waals surface area (Å²) in [7, 11) is 0. The number of anilines is 5. The van der Waals surface area contributed by atoms with Crippen LogP contribution in [0, 0.1) is 20.2 Å². The number of carbonyl (C=O) groups excluding carboxylic acids is 1. The predicted octanol–water partition coefficient (Wildman–Crippen LogP) is 4.95. The molecule has 0 atom stereocenters. The lowest BCUT2D eigenvalue weighted by atomic mass is 10.2. The minimum absolute atomic E-state index is 0.0187. The van der Waals surface area contributed by atoms with E-state index in [1.54, 1.807) is 42.5 Å². The molecule has 0 bridgehead atoms. The highest BCUT2D eigenvalue weighted by molar-refractivity contribution is 6.20. The van der Waals surface area contributed by atoms with Gasteiger partial charge in [0.2, 0.25) is 17.8 Å². The number of aromatic nitrogens is 3. The fourth-order valence-electron chi connectivity index (χ4n) is 4.49. The molecule has 1 aromatic heterocycles. The maximum absolute atomic E-state index is 13.7. The fourth-order valence-corrected chi connectivity index (χ4v) is 4.49. The number of nitrogens with zero attached hydrogens (tertiary/aromatic N) is 7. The van der Waals surface area contributed by atoms with E-state index >= 15 is 0 Å². The zero-order valence-corrected chi connectivity index (χ0v) is 24.8. The van der Waals surface area contributed by atoms with Crippen molar-refractivity contribution in [1.82, 2.24) is 20.0 Å². The summed E-state index contributed by atoms with van der Waals surface area (Å²) < 4.78 is 0. The van der Waals surface area contributed by atoms with Crippen molar-refractivity contribution in [3.05, 3.63) is 128 Å². The molecular weight excluding hydrogens is 640 g/mol. The van der Waals surface area contributed by atoms with Crippen molar-refractivity contribution >= 4 is 58.4 Å². The third-order valence-electron chi connectivity index (χ3n) is 6.81. The summed E-state index contributed by atoms with van der Waals surface area (Å²) in [5.41, 5.74) is 3.22. The Morgan fingerprint density at radius 1 is 0.694 bits per heavy atom. The Balaban J connectivity index is 1.39. The van der Waals surface area contributed by atoms with Crippen LogP contribution in [0.3, 0.4) is 0 Å². The number of hydrogen-bond donors (Lipinski definition) is 6.